The number of hydrogen-bond donors (Lipinski definition) is 1. The van der Waals surface area contributed by atoms with Crippen molar-refractivity contribution >= 4 is 22.6 Å². The van der Waals surface area contributed by atoms with Gasteiger partial charge in [0.2, 0.25) is 0 Å². The fourth-order valence-electron chi connectivity index (χ4n) is 2.12. The highest BCUT2D eigenvalue weighted by Crippen LogP contribution is 2.27. The molecule has 0 aromatic heterocycles. The highest BCUT2D eigenvalue weighted by atomic mass is 127. The van der Waals surface area contributed by atoms with Crippen LogP contribution in [0.25, 0.3) is 0 Å². The molecule has 1 heterocycles. The van der Waals surface area contributed by atoms with Gasteiger partial charge in [0.15, 0.2) is 0 Å². The Labute approximate surface area is 117 Å². The quantitative estimate of drug-likeness (QED) is 0.843. The van der Waals surface area contributed by atoms with Gasteiger partial charge in [-0.05, 0) is 65.2 Å². The molecule has 17 heavy (non-hydrogen) atoms. The molecule has 3 heteroatoms. The third-order valence-electron chi connectivity index (χ3n) is 2.94. The van der Waals surface area contributed by atoms with Gasteiger partial charge in [-0.2, -0.15) is 0 Å². The third kappa shape index (κ3) is 3.45. The van der Waals surface area contributed by atoms with Gasteiger partial charge in [-0.1, -0.05) is 19.1 Å². The first-order valence-electron chi connectivity index (χ1n) is 6.10. The van der Waals surface area contributed by atoms with E-state index in [4.69, 9.17) is 4.74 Å². The molecule has 1 aliphatic heterocycles. The van der Waals surface area contributed by atoms with Crippen LogP contribution in [-0.2, 0) is 4.74 Å². The van der Waals surface area contributed by atoms with E-state index in [1.165, 1.54) is 14.7 Å². The van der Waals surface area contributed by atoms with Gasteiger partial charge in [-0.25, -0.2) is 0 Å². The maximum absolute atomic E-state index is 5.45. The van der Waals surface area contributed by atoms with Crippen LogP contribution in [0.2, 0.25) is 0 Å². The number of benzene rings is 1. The van der Waals surface area contributed by atoms with E-state index >= 15 is 0 Å². The maximum atomic E-state index is 5.45. The Bertz CT molecular complexity index is 386. The van der Waals surface area contributed by atoms with Gasteiger partial charge >= 0.3 is 0 Å². The Hall–Kier alpha value is -0.550. The summed E-state index contributed by atoms with van der Waals surface area (Å²) in [6.45, 7) is 3.97. The molecule has 0 saturated heterocycles. The Morgan fingerprint density at radius 3 is 2.71 bits per heavy atom. The first-order chi connectivity index (χ1) is 8.31. The van der Waals surface area contributed by atoms with Crippen molar-refractivity contribution < 1.29 is 4.74 Å². The van der Waals surface area contributed by atoms with Crippen LogP contribution in [-0.4, -0.2) is 13.2 Å². The van der Waals surface area contributed by atoms with Crippen LogP contribution in [0.1, 0.15) is 31.4 Å². The molecule has 0 fully saturated rings. The minimum atomic E-state index is 0.303. The molecule has 2 rings (SSSR count). The average molecular weight is 343 g/mol. The number of hydrogen-bond acceptors (Lipinski definition) is 2. The van der Waals surface area contributed by atoms with Gasteiger partial charge in [0, 0.05) is 3.57 Å². The van der Waals surface area contributed by atoms with Gasteiger partial charge in [0.05, 0.1) is 18.9 Å². The van der Waals surface area contributed by atoms with Gasteiger partial charge in [0.25, 0.3) is 0 Å². The molecule has 1 N–H and O–H groups in total. The van der Waals surface area contributed by atoms with Gasteiger partial charge < -0.3 is 10.1 Å². The largest absolute Gasteiger partial charge is 0.501 e. The summed E-state index contributed by atoms with van der Waals surface area (Å²) in [7, 11) is 0. The molecule has 0 bridgehead atoms. The number of rotatable bonds is 4. The Morgan fingerprint density at radius 1 is 1.35 bits per heavy atom. The summed E-state index contributed by atoms with van der Waals surface area (Å²) in [5.74, 6) is 0. The summed E-state index contributed by atoms with van der Waals surface area (Å²) in [5, 5.41) is 3.54. The number of halogens is 1. The summed E-state index contributed by atoms with van der Waals surface area (Å²) >= 11 is 2.34. The van der Waals surface area contributed by atoms with E-state index < -0.39 is 0 Å². The normalized spacial score (nSPS) is 17.2. The lowest BCUT2D eigenvalue weighted by molar-refractivity contribution is 0.219. The minimum absolute atomic E-state index is 0.303. The number of ether oxygens (including phenoxy) is 1. The lowest BCUT2D eigenvalue weighted by Crippen LogP contribution is -2.24. The summed E-state index contributed by atoms with van der Waals surface area (Å²) in [4.78, 5) is 0. The van der Waals surface area contributed by atoms with Crippen LogP contribution in [0.4, 0.5) is 0 Å². The van der Waals surface area contributed by atoms with E-state index in [9.17, 15) is 0 Å². The van der Waals surface area contributed by atoms with Crippen molar-refractivity contribution in [1.82, 2.24) is 5.32 Å². The predicted molar refractivity (Wildman–Crippen MR) is 78.8 cm³/mol. The summed E-state index contributed by atoms with van der Waals surface area (Å²) < 4.78 is 6.72. The van der Waals surface area contributed by atoms with Crippen LogP contribution in [0.3, 0.4) is 0 Å². The Morgan fingerprint density at radius 2 is 2.12 bits per heavy atom. The van der Waals surface area contributed by atoms with Crippen molar-refractivity contribution in [2.75, 3.05) is 13.2 Å². The smallest absolute Gasteiger partial charge is 0.0876 e. The highest BCUT2D eigenvalue weighted by molar-refractivity contribution is 14.1. The van der Waals surface area contributed by atoms with Gasteiger partial charge in [-0.15, -0.1) is 0 Å². The van der Waals surface area contributed by atoms with Crippen LogP contribution in [0.15, 0.2) is 36.1 Å². The van der Waals surface area contributed by atoms with Crippen molar-refractivity contribution in [3.8, 4) is 0 Å². The van der Waals surface area contributed by atoms with Crippen molar-refractivity contribution in [2.45, 2.75) is 25.8 Å². The minimum Gasteiger partial charge on any atom is -0.501 e. The molecule has 0 saturated carbocycles. The first kappa shape index (κ1) is 12.9. The second-order valence-corrected chi connectivity index (χ2v) is 5.45. The maximum Gasteiger partial charge on any atom is 0.0876 e. The molecule has 92 valence electrons. The Kier molecular flexibility index (Phi) is 4.86. The van der Waals surface area contributed by atoms with Crippen molar-refractivity contribution in [2.24, 2.45) is 0 Å². The van der Waals surface area contributed by atoms with Crippen LogP contribution in [0.5, 0.6) is 0 Å². The molecule has 0 spiro atoms. The van der Waals surface area contributed by atoms with Crippen LogP contribution < -0.4 is 5.32 Å². The van der Waals surface area contributed by atoms with E-state index in [2.05, 4.69) is 59.1 Å². The molecule has 1 aromatic carbocycles. The monoisotopic (exact) mass is 343 g/mol. The standard InChI is InChI=1S/C14H18INO/c1-2-16-14(12-4-3-9-17-10-12)11-5-7-13(15)8-6-11/h5-8,10,14,16H,2-4,9H2,1H3. The molecule has 1 aromatic rings. The lowest BCUT2D eigenvalue weighted by Gasteiger charge is -2.24. The molecule has 0 amide bonds. The second kappa shape index (κ2) is 6.40. The van der Waals surface area contributed by atoms with Crippen molar-refractivity contribution in [3.05, 3.63) is 45.2 Å². The topological polar surface area (TPSA) is 21.3 Å². The second-order valence-electron chi connectivity index (χ2n) is 4.21. The molecule has 1 unspecified atom stereocenters. The molecule has 0 radical (unpaired) electrons. The van der Waals surface area contributed by atoms with Crippen LogP contribution in [0, 0.1) is 3.57 Å². The fraction of sp³-hybridized carbons (Fsp3) is 0.429. The predicted octanol–water partition coefficient (Wildman–Crippen LogP) is 3.64. The zero-order chi connectivity index (χ0) is 12.1. The molecule has 2 nitrogen and oxygen atoms in total. The Balaban J connectivity index is 2.21. The van der Waals surface area contributed by atoms with Gasteiger partial charge in [0.1, 0.15) is 0 Å². The average Bonchev–Trinajstić information content (AvgIpc) is 2.38. The SMILES string of the molecule is CCNC(C1=COCCC1)c1ccc(I)cc1. The van der Waals surface area contributed by atoms with E-state index in [0.29, 0.717) is 6.04 Å². The van der Waals surface area contributed by atoms with E-state index in [-0.39, 0.29) is 0 Å². The number of nitrogens with one attached hydrogen (secondary N) is 1. The third-order valence-corrected chi connectivity index (χ3v) is 3.66. The van der Waals surface area contributed by atoms with E-state index in [1.54, 1.807) is 0 Å². The molecular weight excluding hydrogens is 325 g/mol. The van der Waals surface area contributed by atoms with E-state index in [0.717, 1.165) is 26.0 Å². The molecular formula is C14H18INO. The summed E-state index contributed by atoms with van der Waals surface area (Å²) in [6, 6.07) is 9.02. The summed E-state index contributed by atoms with van der Waals surface area (Å²) in [5.41, 5.74) is 2.68. The van der Waals surface area contributed by atoms with Crippen molar-refractivity contribution in [3.63, 3.8) is 0 Å². The molecule has 0 aliphatic carbocycles. The van der Waals surface area contributed by atoms with E-state index in [1.807, 2.05) is 6.26 Å². The summed E-state index contributed by atoms with van der Waals surface area (Å²) in [6.07, 6.45) is 4.19. The fourth-order valence-corrected chi connectivity index (χ4v) is 2.48. The number of likely N-dealkylation sites (N-methyl/N-ethyl adjacent to an activating group) is 1. The van der Waals surface area contributed by atoms with Crippen LogP contribution >= 0.6 is 22.6 Å². The lowest BCUT2D eigenvalue weighted by atomic mass is 9.95. The molecule has 1 aliphatic rings. The molecule has 1 atom stereocenters. The highest BCUT2D eigenvalue weighted by Gasteiger charge is 2.17. The van der Waals surface area contributed by atoms with Crippen molar-refractivity contribution in [1.29, 1.82) is 0 Å². The zero-order valence-corrected chi connectivity index (χ0v) is 12.2. The zero-order valence-electron chi connectivity index (χ0n) is 10.1. The van der Waals surface area contributed by atoms with Gasteiger partial charge in [-0.3, -0.25) is 0 Å². The first-order valence-corrected chi connectivity index (χ1v) is 7.18.